The van der Waals surface area contributed by atoms with Gasteiger partial charge >= 0.3 is 0 Å². The molecule has 0 amide bonds. The smallest absolute Gasteiger partial charge is 0.0265 e. The van der Waals surface area contributed by atoms with Gasteiger partial charge in [0.2, 0.25) is 0 Å². The monoisotopic (exact) mass is 228 g/mol. The lowest BCUT2D eigenvalue weighted by molar-refractivity contribution is 0.237. The van der Waals surface area contributed by atoms with E-state index in [0.717, 1.165) is 43.8 Å². The number of hydrogen-bond donors (Lipinski definition) is 0. The third kappa shape index (κ3) is 3.74. The molecule has 1 saturated carbocycles. The summed E-state index contributed by atoms with van der Waals surface area (Å²) < 4.78 is 0. The third-order valence-corrected chi connectivity index (χ3v) is 6.01. The first-order chi connectivity index (χ1) is 6.97. The van der Waals surface area contributed by atoms with Crippen molar-refractivity contribution >= 4 is 8.58 Å². The normalized spacial score (nSPS) is 34.0. The molecule has 0 N–H and O–H groups in total. The molecule has 7 unspecified atom stereocenters. The second kappa shape index (κ2) is 5.67. The van der Waals surface area contributed by atoms with Crippen LogP contribution in [-0.4, -0.2) is 12.3 Å². The van der Waals surface area contributed by atoms with Crippen molar-refractivity contribution in [2.45, 2.75) is 53.1 Å². The van der Waals surface area contributed by atoms with Crippen molar-refractivity contribution in [1.29, 1.82) is 0 Å². The fourth-order valence-corrected chi connectivity index (χ4v) is 3.49. The molecule has 0 aliphatic heterocycles. The van der Waals surface area contributed by atoms with Crippen LogP contribution in [-0.2, 0) is 0 Å². The molecule has 1 fully saturated rings. The Balaban J connectivity index is 2.34. The molecule has 1 rings (SSSR count). The first-order valence-corrected chi connectivity index (χ1v) is 8.22. The number of rotatable bonds is 6. The van der Waals surface area contributed by atoms with Crippen molar-refractivity contribution in [2.24, 2.45) is 29.6 Å². The zero-order chi connectivity index (χ0) is 11.6. The highest BCUT2D eigenvalue weighted by atomic mass is 31.1. The molecule has 7 atom stereocenters. The van der Waals surface area contributed by atoms with E-state index in [-0.39, 0.29) is 0 Å². The molecular weight excluding hydrogens is 199 g/mol. The van der Waals surface area contributed by atoms with Crippen LogP contribution in [0.5, 0.6) is 0 Å². The summed E-state index contributed by atoms with van der Waals surface area (Å²) in [6, 6.07) is 0. The Kier molecular flexibility index (Phi) is 5.10. The SMILES string of the molecule is CPC(C)CC(C)C(C)C(C)C1CC1C. The molecule has 0 heterocycles. The van der Waals surface area contributed by atoms with Crippen LogP contribution in [0, 0.1) is 29.6 Å². The summed E-state index contributed by atoms with van der Waals surface area (Å²) in [6.45, 7) is 14.6. The maximum absolute atomic E-state index is 2.48. The van der Waals surface area contributed by atoms with Gasteiger partial charge in [0.1, 0.15) is 0 Å². The van der Waals surface area contributed by atoms with Crippen molar-refractivity contribution in [1.82, 2.24) is 0 Å². The van der Waals surface area contributed by atoms with Gasteiger partial charge in [0, 0.05) is 0 Å². The second-order valence-electron chi connectivity index (χ2n) is 6.00. The van der Waals surface area contributed by atoms with Crippen molar-refractivity contribution in [3.63, 3.8) is 0 Å². The van der Waals surface area contributed by atoms with Crippen LogP contribution in [0.1, 0.15) is 47.5 Å². The lowest BCUT2D eigenvalue weighted by atomic mass is 9.80. The zero-order valence-electron chi connectivity index (χ0n) is 11.4. The van der Waals surface area contributed by atoms with Crippen molar-refractivity contribution in [2.75, 3.05) is 6.66 Å². The minimum atomic E-state index is 0.912. The molecule has 90 valence electrons. The molecule has 1 aliphatic carbocycles. The van der Waals surface area contributed by atoms with E-state index in [9.17, 15) is 0 Å². The molecule has 1 heteroatoms. The third-order valence-electron chi connectivity index (χ3n) is 4.79. The lowest BCUT2D eigenvalue weighted by Crippen LogP contribution is -2.20. The van der Waals surface area contributed by atoms with Gasteiger partial charge in [0.05, 0.1) is 0 Å². The Morgan fingerprint density at radius 1 is 1.20 bits per heavy atom. The average molecular weight is 228 g/mol. The Morgan fingerprint density at radius 3 is 2.13 bits per heavy atom. The van der Waals surface area contributed by atoms with Crippen LogP contribution in [0.2, 0.25) is 0 Å². The van der Waals surface area contributed by atoms with Gasteiger partial charge in [0.25, 0.3) is 0 Å². The molecule has 0 bridgehead atoms. The van der Waals surface area contributed by atoms with E-state index in [4.69, 9.17) is 0 Å². The van der Waals surface area contributed by atoms with E-state index in [2.05, 4.69) is 41.3 Å². The summed E-state index contributed by atoms with van der Waals surface area (Å²) in [5.74, 6) is 4.83. The standard InChI is InChI=1S/C14H29P/c1-9(7-11(3)15-6)12(4)13(5)14-8-10(14)2/h9-15H,7-8H2,1-6H3. The molecule has 0 radical (unpaired) electrons. The van der Waals surface area contributed by atoms with Crippen LogP contribution >= 0.6 is 8.58 Å². The Labute approximate surface area is 98.4 Å². The zero-order valence-corrected chi connectivity index (χ0v) is 12.4. The van der Waals surface area contributed by atoms with E-state index in [1.54, 1.807) is 0 Å². The summed E-state index contributed by atoms with van der Waals surface area (Å²) in [6.07, 6.45) is 2.92. The highest BCUT2D eigenvalue weighted by Crippen LogP contribution is 2.48. The highest BCUT2D eigenvalue weighted by Gasteiger charge is 2.40. The summed E-state index contributed by atoms with van der Waals surface area (Å²) >= 11 is 0. The van der Waals surface area contributed by atoms with Crippen LogP contribution in [0.15, 0.2) is 0 Å². The van der Waals surface area contributed by atoms with Crippen LogP contribution in [0.4, 0.5) is 0 Å². The van der Waals surface area contributed by atoms with Gasteiger partial charge in [-0.25, -0.2) is 0 Å². The van der Waals surface area contributed by atoms with Crippen molar-refractivity contribution in [3.8, 4) is 0 Å². The molecular formula is C14H29P. The van der Waals surface area contributed by atoms with E-state index in [0.29, 0.717) is 0 Å². The van der Waals surface area contributed by atoms with Crippen molar-refractivity contribution in [3.05, 3.63) is 0 Å². The first kappa shape index (κ1) is 13.5. The molecule has 0 spiro atoms. The summed E-state index contributed by atoms with van der Waals surface area (Å²) in [4.78, 5) is 0. The number of hydrogen-bond acceptors (Lipinski definition) is 0. The van der Waals surface area contributed by atoms with E-state index in [1.807, 2.05) is 0 Å². The van der Waals surface area contributed by atoms with Crippen LogP contribution in [0.3, 0.4) is 0 Å². The molecule has 0 aromatic heterocycles. The molecule has 15 heavy (non-hydrogen) atoms. The van der Waals surface area contributed by atoms with E-state index >= 15 is 0 Å². The summed E-state index contributed by atoms with van der Waals surface area (Å²) in [7, 11) is 1.12. The van der Waals surface area contributed by atoms with Gasteiger partial charge < -0.3 is 0 Å². The van der Waals surface area contributed by atoms with Gasteiger partial charge in [0.15, 0.2) is 0 Å². The summed E-state index contributed by atoms with van der Waals surface area (Å²) in [5, 5.41) is 0. The van der Waals surface area contributed by atoms with Gasteiger partial charge in [-0.1, -0.05) is 34.6 Å². The highest BCUT2D eigenvalue weighted by molar-refractivity contribution is 7.37. The Bertz CT molecular complexity index is 190. The van der Waals surface area contributed by atoms with Gasteiger partial charge in [-0.05, 0) is 54.8 Å². The van der Waals surface area contributed by atoms with Crippen LogP contribution in [0.25, 0.3) is 0 Å². The van der Waals surface area contributed by atoms with Crippen molar-refractivity contribution < 1.29 is 0 Å². The molecule has 0 aromatic carbocycles. The van der Waals surface area contributed by atoms with Gasteiger partial charge in [-0.2, -0.15) is 0 Å². The first-order valence-electron chi connectivity index (χ1n) is 6.64. The second-order valence-corrected chi connectivity index (χ2v) is 7.56. The fraction of sp³-hybridized carbons (Fsp3) is 1.00. The Morgan fingerprint density at radius 2 is 1.73 bits per heavy atom. The fourth-order valence-electron chi connectivity index (χ4n) is 2.88. The quantitative estimate of drug-likeness (QED) is 0.581. The average Bonchev–Trinajstić information content (AvgIpc) is 2.92. The largest absolute Gasteiger partial charge is 0.122 e. The predicted octanol–water partition coefficient (Wildman–Crippen LogP) is 4.64. The summed E-state index contributed by atoms with van der Waals surface area (Å²) in [5.41, 5.74) is 0.936. The maximum atomic E-state index is 2.48. The minimum Gasteiger partial charge on any atom is -0.122 e. The molecule has 0 aromatic rings. The van der Waals surface area contributed by atoms with Crippen LogP contribution < -0.4 is 0 Å². The lowest BCUT2D eigenvalue weighted by Gasteiger charge is -2.28. The molecule has 0 nitrogen and oxygen atoms in total. The molecule has 0 saturated heterocycles. The minimum absolute atomic E-state index is 0.912. The topological polar surface area (TPSA) is 0 Å². The van der Waals surface area contributed by atoms with Gasteiger partial charge in [-0.3, -0.25) is 0 Å². The Hall–Kier alpha value is 0.430. The molecule has 1 aliphatic rings. The maximum Gasteiger partial charge on any atom is -0.0265 e. The predicted molar refractivity (Wildman–Crippen MR) is 73.1 cm³/mol. The van der Waals surface area contributed by atoms with Gasteiger partial charge in [-0.15, -0.1) is 8.58 Å². The van der Waals surface area contributed by atoms with E-state index in [1.165, 1.54) is 12.8 Å². The van der Waals surface area contributed by atoms with E-state index < -0.39 is 0 Å².